The molecule has 1 N–H and O–H groups in total. The van der Waals surface area contributed by atoms with Gasteiger partial charge in [-0.1, -0.05) is 24.3 Å². The minimum atomic E-state index is -0.838. The zero-order valence-electron chi connectivity index (χ0n) is 9.38. The second-order valence-electron chi connectivity index (χ2n) is 4.00. The van der Waals surface area contributed by atoms with Gasteiger partial charge in [0, 0.05) is 28.9 Å². The van der Waals surface area contributed by atoms with Gasteiger partial charge in [0.1, 0.15) is 6.10 Å². The van der Waals surface area contributed by atoms with Crippen molar-refractivity contribution in [2.75, 3.05) is 0 Å². The summed E-state index contributed by atoms with van der Waals surface area (Å²) in [6.45, 7) is 0. The number of hydrogen-bond donors (Lipinski definition) is 1. The Morgan fingerprint density at radius 1 is 1.11 bits per heavy atom. The fourth-order valence-electron chi connectivity index (χ4n) is 2.02. The standard InChI is InChI=1S/C14H10ClNO2/c15-14-11(5-6-18-14)13(17)12-8-16-7-9-3-1-2-4-10(9)12/h1-8,13,17H. The maximum atomic E-state index is 10.4. The van der Waals surface area contributed by atoms with Gasteiger partial charge in [-0.05, 0) is 23.1 Å². The van der Waals surface area contributed by atoms with Crippen LogP contribution >= 0.6 is 11.6 Å². The van der Waals surface area contributed by atoms with Crippen LogP contribution in [0.5, 0.6) is 0 Å². The molecule has 2 aromatic heterocycles. The van der Waals surface area contributed by atoms with Crippen LogP contribution < -0.4 is 0 Å². The van der Waals surface area contributed by atoms with Gasteiger partial charge in [0.2, 0.25) is 0 Å². The number of rotatable bonds is 2. The Morgan fingerprint density at radius 3 is 2.72 bits per heavy atom. The third kappa shape index (κ3) is 1.78. The summed E-state index contributed by atoms with van der Waals surface area (Å²) in [5, 5.41) is 12.5. The van der Waals surface area contributed by atoms with Crippen molar-refractivity contribution in [2.24, 2.45) is 0 Å². The second kappa shape index (κ2) is 4.44. The number of aliphatic hydroxyl groups excluding tert-OH is 1. The lowest BCUT2D eigenvalue weighted by Crippen LogP contribution is -2.00. The molecule has 4 heteroatoms. The van der Waals surface area contributed by atoms with Crippen molar-refractivity contribution in [1.29, 1.82) is 0 Å². The molecule has 1 unspecified atom stereocenters. The molecule has 3 nitrogen and oxygen atoms in total. The quantitative estimate of drug-likeness (QED) is 0.765. The molecule has 0 spiro atoms. The number of furan rings is 1. The van der Waals surface area contributed by atoms with Crippen LogP contribution in [0.25, 0.3) is 10.8 Å². The van der Waals surface area contributed by atoms with Gasteiger partial charge >= 0.3 is 0 Å². The van der Waals surface area contributed by atoms with Gasteiger partial charge in [-0.15, -0.1) is 0 Å². The second-order valence-corrected chi connectivity index (χ2v) is 4.35. The number of pyridine rings is 1. The maximum Gasteiger partial charge on any atom is 0.199 e. The highest BCUT2D eigenvalue weighted by Gasteiger charge is 2.18. The molecule has 18 heavy (non-hydrogen) atoms. The molecule has 3 aromatic rings. The van der Waals surface area contributed by atoms with Crippen molar-refractivity contribution in [3.63, 3.8) is 0 Å². The molecular weight excluding hydrogens is 250 g/mol. The van der Waals surface area contributed by atoms with Crippen LogP contribution in [0.1, 0.15) is 17.2 Å². The van der Waals surface area contributed by atoms with Crippen LogP contribution in [-0.2, 0) is 0 Å². The summed E-state index contributed by atoms with van der Waals surface area (Å²) in [6, 6.07) is 9.42. The lowest BCUT2D eigenvalue weighted by atomic mass is 10.00. The Hall–Kier alpha value is -1.84. The third-order valence-electron chi connectivity index (χ3n) is 2.93. The number of aliphatic hydroxyl groups is 1. The summed E-state index contributed by atoms with van der Waals surface area (Å²) in [5.41, 5.74) is 1.27. The van der Waals surface area contributed by atoms with E-state index in [0.717, 1.165) is 16.3 Å². The van der Waals surface area contributed by atoms with Gasteiger partial charge in [0.15, 0.2) is 5.22 Å². The Bertz CT molecular complexity index is 688. The van der Waals surface area contributed by atoms with Gasteiger partial charge in [-0.25, -0.2) is 0 Å². The summed E-state index contributed by atoms with van der Waals surface area (Å²) in [6.07, 6.45) is 4.04. The molecule has 0 radical (unpaired) electrons. The predicted octanol–water partition coefficient (Wildman–Crippen LogP) is 3.56. The van der Waals surface area contributed by atoms with Crippen LogP contribution in [0.4, 0.5) is 0 Å². The average molecular weight is 260 g/mol. The first-order chi connectivity index (χ1) is 8.77. The van der Waals surface area contributed by atoms with E-state index in [0.29, 0.717) is 5.56 Å². The topological polar surface area (TPSA) is 46.3 Å². The first-order valence-electron chi connectivity index (χ1n) is 5.51. The van der Waals surface area contributed by atoms with Crippen molar-refractivity contribution >= 4 is 22.4 Å². The monoisotopic (exact) mass is 259 g/mol. The van der Waals surface area contributed by atoms with E-state index in [9.17, 15) is 5.11 Å². The Balaban J connectivity index is 2.18. The molecule has 0 saturated carbocycles. The molecule has 0 aliphatic heterocycles. The van der Waals surface area contributed by atoms with Crippen LogP contribution in [-0.4, -0.2) is 10.1 Å². The molecule has 1 aromatic carbocycles. The molecule has 1 atom stereocenters. The summed E-state index contributed by atoms with van der Waals surface area (Å²) >= 11 is 5.89. The van der Waals surface area contributed by atoms with Crippen molar-refractivity contribution in [3.8, 4) is 0 Å². The van der Waals surface area contributed by atoms with Gasteiger partial charge in [-0.2, -0.15) is 0 Å². The van der Waals surface area contributed by atoms with Crippen molar-refractivity contribution < 1.29 is 9.52 Å². The number of hydrogen-bond acceptors (Lipinski definition) is 3. The van der Waals surface area contributed by atoms with Crippen LogP contribution in [0.2, 0.25) is 5.22 Å². The van der Waals surface area contributed by atoms with Gasteiger partial charge in [-0.3, -0.25) is 4.98 Å². The fourth-order valence-corrected chi connectivity index (χ4v) is 2.24. The van der Waals surface area contributed by atoms with E-state index in [2.05, 4.69) is 4.98 Å². The maximum absolute atomic E-state index is 10.4. The Kier molecular flexibility index (Phi) is 2.78. The molecule has 0 amide bonds. The van der Waals surface area contributed by atoms with Gasteiger partial charge < -0.3 is 9.52 Å². The average Bonchev–Trinajstić information content (AvgIpc) is 2.83. The number of halogens is 1. The molecule has 2 heterocycles. The lowest BCUT2D eigenvalue weighted by Gasteiger charge is -2.11. The Labute approximate surface area is 109 Å². The smallest absolute Gasteiger partial charge is 0.199 e. The fraction of sp³-hybridized carbons (Fsp3) is 0.0714. The summed E-state index contributed by atoms with van der Waals surface area (Å²) in [4.78, 5) is 4.14. The first-order valence-corrected chi connectivity index (χ1v) is 5.89. The van der Waals surface area contributed by atoms with Crippen molar-refractivity contribution in [2.45, 2.75) is 6.10 Å². The van der Waals surface area contributed by atoms with Crippen molar-refractivity contribution in [1.82, 2.24) is 4.98 Å². The van der Waals surface area contributed by atoms with Crippen LogP contribution in [0.15, 0.2) is 53.4 Å². The largest absolute Gasteiger partial charge is 0.453 e. The van der Waals surface area contributed by atoms with E-state index < -0.39 is 6.10 Å². The lowest BCUT2D eigenvalue weighted by molar-refractivity contribution is 0.220. The zero-order valence-corrected chi connectivity index (χ0v) is 10.1. The number of fused-ring (bicyclic) bond motifs is 1. The highest BCUT2D eigenvalue weighted by molar-refractivity contribution is 6.29. The van der Waals surface area contributed by atoms with E-state index in [1.54, 1.807) is 18.5 Å². The van der Waals surface area contributed by atoms with E-state index in [1.807, 2.05) is 24.3 Å². The predicted molar refractivity (Wildman–Crippen MR) is 69.5 cm³/mol. The minimum Gasteiger partial charge on any atom is -0.453 e. The van der Waals surface area contributed by atoms with Crippen molar-refractivity contribution in [3.05, 3.63) is 65.3 Å². The number of benzene rings is 1. The minimum absolute atomic E-state index is 0.204. The van der Waals surface area contributed by atoms with E-state index in [-0.39, 0.29) is 5.22 Å². The summed E-state index contributed by atoms with van der Waals surface area (Å²) < 4.78 is 5.00. The summed E-state index contributed by atoms with van der Waals surface area (Å²) in [5.74, 6) is 0. The molecular formula is C14H10ClNO2. The third-order valence-corrected chi connectivity index (χ3v) is 3.24. The Morgan fingerprint density at radius 2 is 1.94 bits per heavy atom. The number of nitrogens with zero attached hydrogens (tertiary/aromatic N) is 1. The molecule has 0 aliphatic carbocycles. The summed E-state index contributed by atoms with van der Waals surface area (Å²) in [7, 11) is 0. The van der Waals surface area contributed by atoms with E-state index in [4.69, 9.17) is 16.0 Å². The normalized spacial score (nSPS) is 12.8. The molecule has 0 aliphatic rings. The zero-order chi connectivity index (χ0) is 12.5. The van der Waals surface area contributed by atoms with E-state index in [1.165, 1.54) is 6.26 Å². The highest BCUT2D eigenvalue weighted by atomic mass is 35.5. The molecule has 0 saturated heterocycles. The van der Waals surface area contributed by atoms with Gasteiger partial charge in [0.05, 0.1) is 6.26 Å². The van der Waals surface area contributed by atoms with Gasteiger partial charge in [0.25, 0.3) is 0 Å². The molecule has 0 fully saturated rings. The first kappa shape index (κ1) is 11.3. The molecule has 3 rings (SSSR count). The number of aromatic nitrogens is 1. The van der Waals surface area contributed by atoms with E-state index >= 15 is 0 Å². The van der Waals surface area contributed by atoms with Crippen LogP contribution in [0.3, 0.4) is 0 Å². The molecule has 0 bridgehead atoms. The molecule has 90 valence electrons. The van der Waals surface area contributed by atoms with Crippen LogP contribution in [0, 0.1) is 0 Å². The highest BCUT2D eigenvalue weighted by Crippen LogP contribution is 2.32. The SMILES string of the molecule is OC(c1ccoc1Cl)c1cncc2ccccc12.